The van der Waals surface area contributed by atoms with Crippen molar-refractivity contribution in [1.29, 1.82) is 0 Å². The summed E-state index contributed by atoms with van der Waals surface area (Å²) in [5, 5.41) is 20.4. The first-order chi connectivity index (χ1) is 12.1. The van der Waals surface area contributed by atoms with Crippen LogP contribution in [-0.4, -0.2) is 10.2 Å². The van der Waals surface area contributed by atoms with Gasteiger partial charge in [-0.1, -0.05) is 63.4 Å². The molecule has 0 amide bonds. The van der Waals surface area contributed by atoms with Crippen LogP contribution in [0, 0.1) is 0 Å². The molecular formula is C22H30O2S. The van der Waals surface area contributed by atoms with Crippen molar-refractivity contribution in [3.63, 3.8) is 0 Å². The molecular weight excluding hydrogens is 328 g/mol. The molecule has 25 heavy (non-hydrogen) atoms. The predicted molar refractivity (Wildman–Crippen MR) is 107 cm³/mol. The molecule has 0 aliphatic rings. The molecule has 0 fully saturated rings. The summed E-state index contributed by atoms with van der Waals surface area (Å²) in [6, 6.07) is 11.6. The molecule has 0 aromatic heterocycles. The van der Waals surface area contributed by atoms with E-state index in [1.165, 1.54) is 61.4 Å². The second-order valence-corrected chi connectivity index (χ2v) is 7.70. The van der Waals surface area contributed by atoms with Crippen LogP contribution in [0.2, 0.25) is 0 Å². The molecule has 0 atom stereocenters. The smallest absolute Gasteiger partial charge is 0.129 e. The summed E-state index contributed by atoms with van der Waals surface area (Å²) in [6.45, 7) is 4.41. The molecule has 0 aliphatic carbocycles. The number of benzene rings is 2. The highest BCUT2D eigenvalue weighted by Gasteiger charge is 2.10. The van der Waals surface area contributed by atoms with Gasteiger partial charge in [-0.25, -0.2) is 0 Å². The van der Waals surface area contributed by atoms with Crippen LogP contribution in [0.15, 0.2) is 46.2 Å². The van der Waals surface area contributed by atoms with E-state index >= 15 is 0 Å². The second-order valence-electron chi connectivity index (χ2n) is 6.62. The number of aryl methyl sites for hydroxylation is 2. The van der Waals surface area contributed by atoms with Crippen LogP contribution in [0.25, 0.3) is 0 Å². The van der Waals surface area contributed by atoms with Gasteiger partial charge in [0.1, 0.15) is 11.5 Å². The topological polar surface area (TPSA) is 40.5 Å². The molecule has 2 rings (SSSR count). The normalized spacial score (nSPS) is 11.0. The standard InChI is InChI=1S/C22H30O2S/c1-3-5-7-9-17-11-13-19(23)21(15-17)25-22-16-18(10-8-6-4-2)12-14-20(22)24/h11-16,23-24H,3-10H2,1-2H3. The third kappa shape index (κ3) is 6.32. The molecule has 2 aromatic rings. The van der Waals surface area contributed by atoms with Crippen LogP contribution in [0.1, 0.15) is 63.5 Å². The van der Waals surface area contributed by atoms with Crippen molar-refractivity contribution >= 4 is 11.8 Å². The number of aromatic hydroxyl groups is 2. The van der Waals surface area contributed by atoms with Gasteiger partial charge in [-0.2, -0.15) is 0 Å². The highest BCUT2D eigenvalue weighted by Crippen LogP contribution is 2.40. The Morgan fingerprint density at radius 3 is 1.52 bits per heavy atom. The van der Waals surface area contributed by atoms with Crippen molar-refractivity contribution in [2.24, 2.45) is 0 Å². The van der Waals surface area contributed by atoms with E-state index in [2.05, 4.69) is 26.0 Å². The summed E-state index contributed by atoms with van der Waals surface area (Å²) in [7, 11) is 0. The van der Waals surface area contributed by atoms with Crippen molar-refractivity contribution in [2.45, 2.75) is 75.0 Å². The Hall–Kier alpha value is -1.61. The molecule has 2 N–H and O–H groups in total. The Morgan fingerprint density at radius 1 is 0.680 bits per heavy atom. The lowest BCUT2D eigenvalue weighted by Gasteiger charge is -2.10. The lowest BCUT2D eigenvalue weighted by molar-refractivity contribution is 0.459. The van der Waals surface area contributed by atoms with Gasteiger partial charge in [0.15, 0.2) is 0 Å². The molecule has 0 saturated heterocycles. The van der Waals surface area contributed by atoms with E-state index in [4.69, 9.17) is 0 Å². The highest BCUT2D eigenvalue weighted by molar-refractivity contribution is 7.99. The van der Waals surface area contributed by atoms with E-state index in [0.717, 1.165) is 22.6 Å². The molecule has 0 heterocycles. The maximum absolute atomic E-state index is 10.2. The SMILES string of the molecule is CCCCCc1ccc(O)c(Sc2cc(CCCCC)ccc2O)c1. The minimum absolute atomic E-state index is 0.278. The second kappa shape index (κ2) is 10.4. The summed E-state index contributed by atoms with van der Waals surface area (Å²) in [6.07, 6.45) is 9.27. The Bertz CT molecular complexity index is 610. The maximum Gasteiger partial charge on any atom is 0.129 e. The molecule has 0 bridgehead atoms. The summed E-state index contributed by atoms with van der Waals surface area (Å²) < 4.78 is 0. The molecule has 0 aliphatic heterocycles. The minimum atomic E-state index is 0.278. The number of phenolic OH excluding ortho intramolecular Hbond substituents is 2. The van der Waals surface area contributed by atoms with Crippen LogP contribution < -0.4 is 0 Å². The first-order valence-corrected chi connectivity index (χ1v) is 10.3. The summed E-state index contributed by atoms with van der Waals surface area (Å²) >= 11 is 1.45. The van der Waals surface area contributed by atoms with Gasteiger partial charge < -0.3 is 10.2 Å². The summed E-state index contributed by atoms with van der Waals surface area (Å²) in [4.78, 5) is 1.63. The van der Waals surface area contributed by atoms with Crippen LogP contribution in [0.4, 0.5) is 0 Å². The van der Waals surface area contributed by atoms with Gasteiger partial charge in [0.05, 0.1) is 9.79 Å². The molecule has 2 aromatic carbocycles. The minimum Gasteiger partial charge on any atom is -0.507 e. The largest absolute Gasteiger partial charge is 0.507 e. The maximum atomic E-state index is 10.2. The molecule has 3 heteroatoms. The fraction of sp³-hybridized carbons (Fsp3) is 0.455. The summed E-state index contributed by atoms with van der Waals surface area (Å²) in [5.41, 5.74) is 2.49. The predicted octanol–water partition coefficient (Wildman–Crippen LogP) is 6.71. The Labute approximate surface area is 156 Å². The van der Waals surface area contributed by atoms with Gasteiger partial charge in [0.25, 0.3) is 0 Å². The first-order valence-electron chi connectivity index (χ1n) is 9.45. The van der Waals surface area contributed by atoms with Crippen molar-refractivity contribution in [3.05, 3.63) is 47.5 Å². The quantitative estimate of drug-likeness (QED) is 0.463. The Balaban J connectivity index is 2.12. The third-order valence-electron chi connectivity index (χ3n) is 4.41. The first kappa shape index (κ1) is 19.7. The van der Waals surface area contributed by atoms with Crippen molar-refractivity contribution < 1.29 is 10.2 Å². The van der Waals surface area contributed by atoms with E-state index in [-0.39, 0.29) is 11.5 Å². The van der Waals surface area contributed by atoms with E-state index < -0.39 is 0 Å². The van der Waals surface area contributed by atoms with Gasteiger partial charge >= 0.3 is 0 Å². The van der Waals surface area contributed by atoms with Gasteiger partial charge in [-0.3, -0.25) is 0 Å². The molecule has 0 saturated carbocycles. The van der Waals surface area contributed by atoms with Gasteiger partial charge in [0.2, 0.25) is 0 Å². The van der Waals surface area contributed by atoms with E-state index in [1.807, 2.05) is 12.1 Å². The average molecular weight is 359 g/mol. The number of hydrogen-bond donors (Lipinski definition) is 2. The molecule has 0 spiro atoms. The zero-order valence-corrected chi connectivity index (χ0v) is 16.2. The molecule has 136 valence electrons. The molecule has 0 unspecified atom stereocenters. The lowest BCUT2D eigenvalue weighted by atomic mass is 10.1. The number of hydrogen-bond acceptors (Lipinski definition) is 3. The van der Waals surface area contributed by atoms with Gasteiger partial charge in [-0.05, 0) is 61.1 Å². The molecule has 2 nitrogen and oxygen atoms in total. The third-order valence-corrected chi connectivity index (χ3v) is 5.50. The van der Waals surface area contributed by atoms with Crippen LogP contribution in [0.3, 0.4) is 0 Å². The number of phenols is 2. The van der Waals surface area contributed by atoms with Crippen molar-refractivity contribution in [1.82, 2.24) is 0 Å². The lowest BCUT2D eigenvalue weighted by Crippen LogP contribution is -1.88. The fourth-order valence-electron chi connectivity index (χ4n) is 2.87. The number of unbranched alkanes of at least 4 members (excludes halogenated alkanes) is 4. The van der Waals surface area contributed by atoms with Crippen LogP contribution in [-0.2, 0) is 12.8 Å². The van der Waals surface area contributed by atoms with Gasteiger partial charge in [0, 0.05) is 0 Å². The van der Waals surface area contributed by atoms with E-state index in [9.17, 15) is 10.2 Å². The van der Waals surface area contributed by atoms with Crippen molar-refractivity contribution in [2.75, 3.05) is 0 Å². The Morgan fingerprint density at radius 2 is 1.12 bits per heavy atom. The summed E-state index contributed by atoms with van der Waals surface area (Å²) in [5.74, 6) is 0.556. The van der Waals surface area contributed by atoms with E-state index in [1.54, 1.807) is 12.1 Å². The fourth-order valence-corrected chi connectivity index (χ4v) is 3.87. The highest BCUT2D eigenvalue weighted by atomic mass is 32.2. The van der Waals surface area contributed by atoms with Crippen molar-refractivity contribution in [3.8, 4) is 11.5 Å². The monoisotopic (exact) mass is 358 g/mol. The van der Waals surface area contributed by atoms with Crippen LogP contribution >= 0.6 is 11.8 Å². The van der Waals surface area contributed by atoms with Crippen LogP contribution in [0.5, 0.6) is 11.5 Å². The average Bonchev–Trinajstić information content (AvgIpc) is 2.61. The zero-order valence-electron chi connectivity index (χ0n) is 15.4. The number of rotatable bonds is 10. The molecule has 0 radical (unpaired) electrons. The van der Waals surface area contributed by atoms with Gasteiger partial charge in [-0.15, -0.1) is 0 Å². The van der Waals surface area contributed by atoms with E-state index in [0.29, 0.717) is 0 Å². The zero-order chi connectivity index (χ0) is 18.1. The Kier molecular flexibility index (Phi) is 8.20.